The number of carbonyl (C=O) groups is 3. The molecule has 7 heteroatoms. The highest BCUT2D eigenvalue weighted by atomic mass is 79.9. The Morgan fingerprint density at radius 1 is 0.846 bits per heavy atom. The van der Waals surface area contributed by atoms with E-state index in [1.807, 2.05) is 60.7 Å². The first-order valence-electron chi connectivity index (χ1n) is 12.6. The summed E-state index contributed by atoms with van der Waals surface area (Å²) in [6.45, 7) is 0. The van der Waals surface area contributed by atoms with E-state index in [0.717, 1.165) is 26.7 Å². The highest BCUT2D eigenvalue weighted by molar-refractivity contribution is 9.10. The molecule has 1 heterocycles. The van der Waals surface area contributed by atoms with Crippen LogP contribution in [-0.4, -0.2) is 29.1 Å². The molecule has 8 rings (SSSR count). The highest BCUT2D eigenvalue weighted by Gasteiger charge is 2.67. The minimum Gasteiger partial charge on any atom is -0.478 e. The number of carbonyl (C=O) groups excluding carboxylic acids is 2. The van der Waals surface area contributed by atoms with Crippen LogP contribution in [0.3, 0.4) is 0 Å². The van der Waals surface area contributed by atoms with Crippen molar-refractivity contribution < 1.29 is 19.5 Å². The van der Waals surface area contributed by atoms with Gasteiger partial charge in [-0.05, 0) is 64.7 Å². The van der Waals surface area contributed by atoms with Gasteiger partial charge >= 0.3 is 5.97 Å². The summed E-state index contributed by atoms with van der Waals surface area (Å²) < 4.78 is 0.856. The Kier molecular flexibility index (Phi) is 5.22. The van der Waals surface area contributed by atoms with E-state index in [0.29, 0.717) is 11.4 Å². The molecule has 2 atom stereocenters. The Bertz CT molecular complexity index is 1680. The molecule has 4 aromatic carbocycles. The molecular formula is C32H21BrN2O4. The van der Waals surface area contributed by atoms with Crippen molar-refractivity contribution in [2.45, 2.75) is 11.3 Å². The minimum atomic E-state index is -1.04. The number of anilines is 1. The minimum absolute atomic E-state index is 0.127. The van der Waals surface area contributed by atoms with Gasteiger partial charge in [-0.1, -0.05) is 70.5 Å². The normalized spacial score (nSPS) is 24.5. The van der Waals surface area contributed by atoms with Crippen LogP contribution in [0.1, 0.15) is 38.5 Å². The second-order valence-electron chi connectivity index (χ2n) is 10.1. The van der Waals surface area contributed by atoms with E-state index in [1.165, 1.54) is 17.0 Å². The summed E-state index contributed by atoms with van der Waals surface area (Å²) in [6, 6.07) is 29.6. The van der Waals surface area contributed by atoms with Crippen LogP contribution in [0.2, 0.25) is 0 Å². The summed E-state index contributed by atoms with van der Waals surface area (Å²) in [6.07, 6.45) is 1.77. The van der Waals surface area contributed by atoms with Gasteiger partial charge < -0.3 is 5.11 Å². The number of halogens is 1. The van der Waals surface area contributed by atoms with Crippen molar-refractivity contribution in [2.24, 2.45) is 16.8 Å². The third-order valence-corrected chi connectivity index (χ3v) is 8.81. The van der Waals surface area contributed by atoms with Gasteiger partial charge in [0.15, 0.2) is 0 Å². The molecule has 0 spiro atoms. The molecular weight excluding hydrogens is 556 g/mol. The van der Waals surface area contributed by atoms with E-state index in [9.17, 15) is 19.5 Å². The number of benzene rings is 4. The van der Waals surface area contributed by atoms with Crippen LogP contribution in [-0.2, 0) is 15.0 Å². The largest absolute Gasteiger partial charge is 0.478 e. The average Bonchev–Trinajstić information content (AvgIpc) is 3.23. The fourth-order valence-corrected chi connectivity index (χ4v) is 7.05. The molecule has 1 N–H and O–H groups in total. The molecule has 2 bridgehead atoms. The summed E-state index contributed by atoms with van der Waals surface area (Å²) in [5.74, 6) is -3.07. The standard InChI is InChI=1S/C32H21BrN2O4/c33-19-12-14-21(15-13-19)35-29(36)27-26-22-8-1-3-10-24(22)32(28(27)30(35)37,25-11-4-2-9-23(25)26)17-34-20-7-5-6-18(16-20)31(38)39/h1-17,26-28H,(H,38,39)/t26?,27-,28+,32?/m0/s1. The summed E-state index contributed by atoms with van der Waals surface area (Å²) in [5, 5.41) is 9.49. The van der Waals surface area contributed by atoms with Gasteiger partial charge in [0, 0.05) is 16.6 Å². The predicted molar refractivity (Wildman–Crippen MR) is 151 cm³/mol. The van der Waals surface area contributed by atoms with Crippen LogP contribution in [0.15, 0.2) is 107 Å². The maximum Gasteiger partial charge on any atom is 0.335 e. The lowest BCUT2D eigenvalue weighted by Gasteiger charge is -2.52. The van der Waals surface area contributed by atoms with Crippen molar-refractivity contribution in [3.8, 4) is 0 Å². The number of hydrogen-bond donors (Lipinski definition) is 1. The molecule has 3 aliphatic carbocycles. The molecule has 1 saturated heterocycles. The third-order valence-electron chi connectivity index (χ3n) is 8.28. The van der Waals surface area contributed by atoms with Crippen molar-refractivity contribution in [3.63, 3.8) is 0 Å². The molecule has 0 unspecified atom stereocenters. The number of aliphatic imine (C=N–C) groups is 1. The molecule has 0 aromatic heterocycles. The molecule has 0 radical (unpaired) electrons. The lowest BCUT2D eigenvalue weighted by Crippen LogP contribution is -2.54. The average molecular weight is 577 g/mol. The van der Waals surface area contributed by atoms with Crippen molar-refractivity contribution in [1.29, 1.82) is 0 Å². The Morgan fingerprint density at radius 3 is 2.13 bits per heavy atom. The molecule has 190 valence electrons. The number of imide groups is 1. The van der Waals surface area contributed by atoms with Crippen molar-refractivity contribution >= 4 is 51.3 Å². The summed E-state index contributed by atoms with van der Waals surface area (Å²) in [4.78, 5) is 46.2. The van der Waals surface area contributed by atoms with Crippen LogP contribution < -0.4 is 4.90 Å². The lowest BCUT2D eigenvalue weighted by molar-refractivity contribution is -0.122. The van der Waals surface area contributed by atoms with Gasteiger partial charge in [-0.3, -0.25) is 14.6 Å². The Balaban J connectivity index is 1.48. The predicted octanol–water partition coefficient (Wildman–Crippen LogP) is 6.10. The van der Waals surface area contributed by atoms with Gasteiger partial charge in [-0.2, -0.15) is 0 Å². The maximum atomic E-state index is 14.4. The van der Waals surface area contributed by atoms with Crippen molar-refractivity contribution in [3.05, 3.63) is 129 Å². The molecule has 39 heavy (non-hydrogen) atoms. The number of amides is 2. The molecule has 2 amide bonds. The first kappa shape index (κ1) is 23.7. The molecule has 4 aliphatic rings. The third kappa shape index (κ3) is 3.26. The number of carboxylic acids is 1. The zero-order chi connectivity index (χ0) is 26.9. The molecule has 1 fully saturated rings. The first-order valence-corrected chi connectivity index (χ1v) is 13.4. The van der Waals surface area contributed by atoms with Gasteiger partial charge in [0.2, 0.25) is 11.8 Å². The smallest absolute Gasteiger partial charge is 0.335 e. The van der Waals surface area contributed by atoms with Gasteiger partial charge in [0.05, 0.1) is 34.2 Å². The van der Waals surface area contributed by atoms with E-state index in [4.69, 9.17) is 4.99 Å². The van der Waals surface area contributed by atoms with Gasteiger partial charge in [0.1, 0.15) is 0 Å². The zero-order valence-corrected chi connectivity index (χ0v) is 22.1. The summed E-state index contributed by atoms with van der Waals surface area (Å²) in [5.41, 5.74) is 4.05. The molecule has 4 aromatic rings. The number of hydrogen-bond acceptors (Lipinski definition) is 4. The van der Waals surface area contributed by atoms with E-state index in [1.54, 1.807) is 30.5 Å². The SMILES string of the molecule is O=C(O)c1cccc(N=CC23c4ccccc4C(c4ccccc42)[C@@H]2C(=O)N(c4ccc(Br)cc4)C(=O)[C@@H]23)c1. The number of aromatic carboxylic acids is 1. The Morgan fingerprint density at radius 2 is 1.49 bits per heavy atom. The highest BCUT2D eigenvalue weighted by Crippen LogP contribution is 2.63. The van der Waals surface area contributed by atoms with Crippen LogP contribution in [0.25, 0.3) is 0 Å². The van der Waals surface area contributed by atoms with Crippen molar-refractivity contribution in [2.75, 3.05) is 4.90 Å². The second kappa shape index (κ2) is 8.58. The molecule has 1 aliphatic heterocycles. The monoisotopic (exact) mass is 576 g/mol. The fourth-order valence-electron chi connectivity index (χ4n) is 6.79. The van der Waals surface area contributed by atoms with Crippen LogP contribution in [0, 0.1) is 11.8 Å². The first-order chi connectivity index (χ1) is 18.9. The lowest BCUT2D eigenvalue weighted by atomic mass is 9.47. The van der Waals surface area contributed by atoms with E-state index >= 15 is 0 Å². The Hall–Kier alpha value is -4.36. The summed E-state index contributed by atoms with van der Waals surface area (Å²) in [7, 11) is 0. The number of rotatable bonds is 4. The van der Waals surface area contributed by atoms with Gasteiger partial charge in [-0.15, -0.1) is 0 Å². The van der Waals surface area contributed by atoms with E-state index < -0.39 is 23.2 Å². The van der Waals surface area contributed by atoms with E-state index in [2.05, 4.69) is 15.9 Å². The van der Waals surface area contributed by atoms with Gasteiger partial charge in [-0.25, -0.2) is 9.69 Å². The van der Waals surface area contributed by atoms with Crippen LogP contribution in [0.4, 0.5) is 11.4 Å². The molecule has 6 nitrogen and oxygen atoms in total. The quantitative estimate of drug-likeness (QED) is 0.235. The zero-order valence-electron chi connectivity index (χ0n) is 20.5. The second-order valence-corrected chi connectivity index (χ2v) is 11.0. The van der Waals surface area contributed by atoms with Crippen LogP contribution in [0.5, 0.6) is 0 Å². The van der Waals surface area contributed by atoms with Crippen molar-refractivity contribution in [1.82, 2.24) is 0 Å². The van der Waals surface area contributed by atoms with E-state index in [-0.39, 0.29) is 23.3 Å². The number of carboxylic acid groups (broad SMARTS) is 1. The maximum absolute atomic E-state index is 14.4. The van der Waals surface area contributed by atoms with Gasteiger partial charge in [0.25, 0.3) is 0 Å². The number of nitrogens with zero attached hydrogens (tertiary/aromatic N) is 2. The molecule has 0 saturated carbocycles. The topological polar surface area (TPSA) is 87.0 Å². The Labute approximate surface area is 232 Å². The van der Waals surface area contributed by atoms with Crippen LogP contribution >= 0.6 is 15.9 Å². The summed E-state index contributed by atoms with van der Waals surface area (Å²) >= 11 is 3.44. The fraction of sp³-hybridized carbons (Fsp3) is 0.125.